The van der Waals surface area contributed by atoms with Gasteiger partial charge in [0.15, 0.2) is 4.80 Å². The average Bonchev–Trinajstić information content (AvgIpc) is 2.90. The molecule has 0 unspecified atom stereocenters. The molecule has 116 valence electrons. The summed E-state index contributed by atoms with van der Waals surface area (Å²) in [6.07, 6.45) is 3.26. The number of amides is 1. The molecule has 0 saturated heterocycles. The van der Waals surface area contributed by atoms with Gasteiger partial charge < -0.3 is 4.57 Å². The third kappa shape index (κ3) is 3.79. The molecule has 1 aromatic heterocycles. The number of benzene rings is 1. The van der Waals surface area contributed by atoms with Crippen LogP contribution in [0, 0.1) is 0 Å². The smallest absolute Gasteiger partial charge is 0.279 e. The van der Waals surface area contributed by atoms with Crippen LogP contribution in [-0.4, -0.2) is 25.4 Å². The van der Waals surface area contributed by atoms with E-state index in [0.29, 0.717) is 10.4 Å². The van der Waals surface area contributed by atoms with Crippen LogP contribution in [0.3, 0.4) is 0 Å². The zero-order chi connectivity index (χ0) is 16.2. The van der Waals surface area contributed by atoms with Crippen LogP contribution in [-0.2, 0) is 17.1 Å². The van der Waals surface area contributed by atoms with Gasteiger partial charge in [0.05, 0.1) is 4.90 Å². The van der Waals surface area contributed by atoms with Gasteiger partial charge in [-0.1, -0.05) is 6.08 Å². The molecule has 0 bridgehead atoms. The number of carbonyl (C=O) groups is 1. The molecule has 0 saturated carbocycles. The molecule has 2 rings (SSSR count). The predicted octanol–water partition coefficient (Wildman–Crippen LogP) is 1.29. The first-order chi connectivity index (χ1) is 10.4. The second-order valence-corrected chi connectivity index (χ2v) is 7.02. The minimum absolute atomic E-state index is 0.0904. The van der Waals surface area contributed by atoms with E-state index in [-0.39, 0.29) is 11.4 Å². The van der Waals surface area contributed by atoms with Gasteiger partial charge in [-0.15, -0.1) is 17.9 Å². The monoisotopic (exact) mass is 337 g/mol. The Balaban J connectivity index is 2.24. The summed E-state index contributed by atoms with van der Waals surface area (Å²) in [6.45, 7) is 3.60. The molecule has 6 nitrogen and oxygen atoms in total. The van der Waals surface area contributed by atoms with Crippen LogP contribution in [0.5, 0.6) is 0 Å². The molecule has 1 amide bonds. The van der Waals surface area contributed by atoms with E-state index in [1.807, 2.05) is 5.38 Å². The van der Waals surface area contributed by atoms with Gasteiger partial charge in [-0.25, -0.2) is 13.1 Å². The quantitative estimate of drug-likeness (QED) is 0.835. The van der Waals surface area contributed by atoms with Crippen molar-refractivity contribution in [2.24, 2.45) is 12.0 Å². The Labute approximate surface area is 132 Å². The third-order valence-corrected chi connectivity index (χ3v) is 5.07. The Morgan fingerprint density at radius 3 is 2.64 bits per heavy atom. The maximum atomic E-state index is 12.0. The van der Waals surface area contributed by atoms with Gasteiger partial charge in [-0.05, 0) is 24.3 Å². The molecular weight excluding hydrogens is 322 g/mol. The highest BCUT2D eigenvalue weighted by molar-refractivity contribution is 7.89. The predicted molar refractivity (Wildman–Crippen MR) is 85.0 cm³/mol. The van der Waals surface area contributed by atoms with Gasteiger partial charge in [-0.3, -0.25) is 4.79 Å². The van der Waals surface area contributed by atoms with Crippen molar-refractivity contribution in [3.8, 4) is 0 Å². The van der Waals surface area contributed by atoms with Crippen LogP contribution in [0.4, 0.5) is 0 Å². The highest BCUT2D eigenvalue weighted by atomic mass is 32.2. The fourth-order valence-corrected chi connectivity index (χ4v) is 3.34. The van der Waals surface area contributed by atoms with Gasteiger partial charge in [0.2, 0.25) is 10.0 Å². The van der Waals surface area contributed by atoms with E-state index in [1.165, 1.54) is 41.7 Å². The van der Waals surface area contributed by atoms with Gasteiger partial charge in [0.25, 0.3) is 5.91 Å². The van der Waals surface area contributed by atoms with Crippen molar-refractivity contribution < 1.29 is 13.2 Å². The number of hydrogen-bond donors (Lipinski definition) is 1. The highest BCUT2D eigenvalue weighted by Crippen LogP contribution is 2.11. The molecule has 0 atom stereocenters. The van der Waals surface area contributed by atoms with E-state index in [0.717, 1.165) is 0 Å². The molecule has 0 radical (unpaired) electrons. The summed E-state index contributed by atoms with van der Waals surface area (Å²) in [4.78, 5) is 16.7. The van der Waals surface area contributed by atoms with Gasteiger partial charge in [0, 0.05) is 30.7 Å². The van der Waals surface area contributed by atoms with E-state index >= 15 is 0 Å². The molecule has 0 fully saturated rings. The van der Waals surface area contributed by atoms with E-state index < -0.39 is 15.9 Å². The second-order valence-electron chi connectivity index (χ2n) is 4.38. The van der Waals surface area contributed by atoms with Crippen LogP contribution in [0.1, 0.15) is 10.4 Å². The minimum Gasteiger partial charge on any atom is -0.327 e. The van der Waals surface area contributed by atoms with E-state index in [2.05, 4.69) is 16.3 Å². The average molecular weight is 337 g/mol. The van der Waals surface area contributed by atoms with Crippen LogP contribution >= 0.6 is 11.3 Å². The SMILES string of the molecule is C=CCNS(=O)(=O)c1ccc(C(=O)N=c2sccn2C)cc1. The van der Waals surface area contributed by atoms with Gasteiger partial charge in [-0.2, -0.15) is 4.99 Å². The number of sulfonamides is 1. The summed E-state index contributed by atoms with van der Waals surface area (Å²) in [5, 5.41) is 1.83. The van der Waals surface area contributed by atoms with E-state index in [1.54, 1.807) is 17.8 Å². The minimum atomic E-state index is -3.59. The van der Waals surface area contributed by atoms with Crippen LogP contribution in [0.15, 0.2) is 58.4 Å². The van der Waals surface area contributed by atoms with Crippen molar-refractivity contribution in [3.63, 3.8) is 0 Å². The summed E-state index contributed by atoms with van der Waals surface area (Å²) >= 11 is 1.35. The first-order valence-corrected chi connectivity index (χ1v) is 8.70. The van der Waals surface area contributed by atoms with Crippen molar-refractivity contribution in [3.05, 3.63) is 58.9 Å². The summed E-state index contributed by atoms with van der Waals surface area (Å²) < 4.78 is 27.9. The van der Waals surface area contributed by atoms with Crippen molar-refractivity contribution >= 4 is 27.3 Å². The molecule has 8 heteroatoms. The summed E-state index contributed by atoms with van der Waals surface area (Å²) in [5.41, 5.74) is 0.330. The Bertz CT molecular complexity index is 846. The van der Waals surface area contributed by atoms with Crippen molar-refractivity contribution in [1.29, 1.82) is 0 Å². The molecular formula is C14H15N3O3S2. The van der Waals surface area contributed by atoms with E-state index in [9.17, 15) is 13.2 Å². The molecule has 0 aliphatic heterocycles. The third-order valence-electron chi connectivity index (χ3n) is 2.79. The number of aromatic nitrogens is 1. The van der Waals surface area contributed by atoms with E-state index in [4.69, 9.17) is 0 Å². The first-order valence-electron chi connectivity index (χ1n) is 6.34. The van der Waals surface area contributed by atoms with Crippen LogP contribution < -0.4 is 9.52 Å². The lowest BCUT2D eigenvalue weighted by molar-refractivity contribution is 0.0998. The van der Waals surface area contributed by atoms with Crippen molar-refractivity contribution in [2.75, 3.05) is 6.54 Å². The molecule has 1 heterocycles. The Kier molecular flexibility index (Phi) is 5.07. The fourth-order valence-electron chi connectivity index (χ4n) is 1.61. The lowest BCUT2D eigenvalue weighted by Crippen LogP contribution is -2.23. The van der Waals surface area contributed by atoms with Crippen LogP contribution in [0.25, 0.3) is 0 Å². The lowest BCUT2D eigenvalue weighted by Gasteiger charge is -2.04. The normalized spacial score (nSPS) is 12.3. The number of nitrogens with zero attached hydrogens (tertiary/aromatic N) is 2. The molecule has 1 aromatic carbocycles. The molecule has 22 heavy (non-hydrogen) atoms. The first kappa shape index (κ1) is 16.3. The maximum Gasteiger partial charge on any atom is 0.279 e. The standard InChI is InChI=1S/C14H15N3O3S2/c1-3-8-15-22(19,20)12-6-4-11(5-7-12)13(18)16-14-17(2)9-10-21-14/h3-7,9-10,15H,1,8H2,2H3. The molecule has 1 N–H and O–H groups in total. The fraction of sp³-hybridized carbons (Fsp3) is 0.143. The largest absolute Gasteiger partial charge is 0.327 e. The molecule has 0 aliphatic carbocycles. The number of rotatable bonds is 5. The summed E-state index contributed by atoms with van der Waals surface area (Å²) in [5.74, 6) is -0.416. The molecule has 0 aliphatic rings. The summed E-state index contributed by atoms with van der Waals surface area (Å²) in [6, 6.07) is 5.65. The van der Waals surface area contributed by atoms with Gasteiger partial charge >= 0.3 is 0 Å². The Morgan fingerprint density at radius 1 is 1.41 bits per heavy atom. The summed E-state index contributed by atoms with van der Waals surface area (Å²) in [7, 11) is -1.79. The topological polar surface area (TPSA) is 80.5 Å². The maximum absolute atomic E-state index is 12.0. The number of hydrogen-bond acceptors (Lipinski definition) is 4. The Hall–Kier alpha value is -2.03. The number of aryl methyl sites for hydroxylation is 1. The number of carbonyl (C=O) groups excluding carboxylic acids is 1. The number of thiazole rings is 1. The Morgan fingerprint density at radius 2 is 2.09 bits per heavy atom. The number of nitrogens with one attached hydrogen (secondary N) is 1. The lowest BCUT2D eigenvalue weighted by atomic mass is 10.2. The second kappa shape index (κ2) is 6.82. The van der Waals surface area contributed by atoms with Gasteiger partial charge in [0.1, 0.15) is 0 Å². The van der Waals surface area contributed by atoms with Crippen molar-refractivity contribution in [2.45, 2.75) is 4.90 Å². The highest BCUT2D eigenvalue weighted by Gasteiger charge is 2.13. The molecule has 0 spiro atoms. The zero-order valence-electron chi connectivity index (χ0n) is 11.9. The van der Waals surface area contributed by atoms with Crippen LogP contribution in [0.2, 0.25) is 0 Å². The van der Waals surface area contributed by atoms with Crippen molar-refractivity contribution in [1.82, 2.24) is 9.29 Å². The zero-order valence-corrected chi connectivity index (χ0v) is 13.5. The molecule has 2 aromatic rings.